The lowest BCUT2D eigenvalue weighted by Gasteiger charge is -2.35. The van der Waals surface area contributed by atoms with Crippen LogP contribution in [-0.4, -0.2) is 17.6 Å². The third kappa shape index (κ3) is 2.30. The van der Waals surface area contributed by atoms with Gasteiger partial charge in [-0.15, -0.1) is 0 Å². The maximum absolute atomic E-state index is 5.93. The van der Waals surface area contributed by atoms with Crippen LogP contribution in [0, 0.1) is 0 Å². The normalized spacial score (nSPS) is 19.9. The fraction of sp³-hybridized carbons (Fsp3) is 0.438. The highest BCUT2D eigenvalue weighted by molar-refractivity contribution is 5.81. The number of piperidine rings is 1. The highest BCUT2D eigenvalue weighted by Gasteiger charge is 2.22. The van der Waals surface area contributed by atoms with Crippen molar-refractivity contribution in [2.45, 2.75) is 38.8 Å². The van der Waals surface area contributed by atoms with Gasteiger partial charge in [0, 0.05) is 30.1 Å². The van der Waals surface area contributed by atoms with Gasteiger partial charge in [0.25, 0.3) is 0 Å². The van der Waals surface area contributed by atoms with E-state index in [1.54, 1.807) is 0 Å². The molecule has 1 aliphatic rings. The average molecular weight is 255 g/mol. The Morgan fingerprint density at radius 1 is 1.32 bits per heavy atom. The minimum absolute atomic E-state index is 0.552. The average Bonchev–Trinajstić information content (AvgIpc) is 2.46. The van der Waals surface area contributed by atoms with Gasteiger partial charge in [-0.25, -0.2) is 4.98 Å². The number of aromatic nitrogens is 1. The first-order valence-corrected chi connectivity index (χ1v) is 7.15. The van der Waals surface area contributed by atoms with Crippen LogP contribution in [-0.2, 0) is 6.54 Å². The Morgan fingerprint density at radius 2 is 2.16 bits per heavy atom. The maximum atomic E-state index is 5.93. The lowest BCUT2D eigenvalue weighted by atomic mass is 10.0. The SMILES string of the molecule is CC1CCCCN1c1nc2ccccc2cc1CN. The molecule has 0 amide bonds. The summed E-state index contributed by atoms with van der Waals surface area (Å²) in [7, 11) is 0. The number of rotatable bonds is 2. The van der Waals surface area contributed by atoms with Gasteiger partial charge in [-0.3, -0.25) is 0 Å². The van der Waals surface area contributed by atoms with Crippen LogP contribution in [0.1, 0.15) is 31.7 Å². The summed E-state index contributed by atoms with van der Waals surface area (Å²) in [6.07, 6.45) is 3.82. The second kappa shape index (κ2) is 5.17. The quantitative estimate of drug-likeness (QED) is 0.896. The Labute approximate surface area is 114 Å². The lowest BCUT2D eigenvalue weighted by molar-refractivity contribution is 0.480. The van der Waals surface area contributed by atoms with E-state index in [-0.39, 0.29) is 0 Å². The Bertz CT molecular complexity index is 579. The van der Waals surface area contributed by atoms with E-state index < -0.39 is 0 Å². The number of pyridine rings is 1. The molecule has 2 heterocycles. The second-order valence-electron chi connectivity index (χ2n) is 5.41. The molecular weight excluding hydrogens is 234 g/mol. The van der Waals surface area contributed by atoms with Gasteiger partial charge in [-0.05, 0) is 38.3 Å². The van der Waals surface area contributed by atoms with Gasteiger partial charge in [0.15, 0.2) is 0 Å². The van der Waals surface area contributed by atoms with Crippen molar-refractivity contribution in [3.8, 4) is 0 Å². The molecule has 3 rings (SSSR count). The van der Waals surface area contributed by atoms with Crippen molar-refractivity contribution in [1.29, 1.82) is 0 Å². The first-order valence-electron chi connectivity index (χ1n) is 7.15. The highest BCUT2D eigenvalue weighted by Crippen LogP contribution is 2.28. The number of anilines is 1. The zero-order valence-corrected chi connectivity index (χ0v) is 11.5. The van der Waals surface area contributed by atoms with Crippen LogP contribution in [0.25, 0.3) is 10.9 Å². The number of hydrogen-bond acceptors (Lipinski definition) is 3. The Balaban J connectivity index is 2.10. The van der Waals surface area contributed by atoms with Crippen molar-refractivity contribution in [1.82, 2.24) is 4.98 Å². The van der Waals surface area contributed by atoms with E-state index in [0.717, 1.165) is 23.4 Å². The molecule has 1 saturated heterocycles. The summed E-state index contributed by atoms with van der Waals surface area (Å²) < 4.78 is 0. The summed E-state index contributed by atoms with van der Waals surface area (Å²) in [5, 5.41) is 1.18. The summed E-state index contributed by atoms with van der Waals surface area (Å²) in [6.45, 7) is 3.94. The monoisotopic (exact) mass is 255 g/mol. The molecule has 2 N–H and O–H groups in total. The topological polar surface area (TPSA) is 42.2 Å². The second-order valence-corrected chi connectivity index (χ2v) is 5.41. The minimum atomic E-state index is 0.552. The molecule has 1 fully saturated rings. The molecule has 0 spiro atoms. The first kappa shape index (κ1) is 12.4. The molecule has 1 aliphatic heterocycles. The summed E-state index contributed by atoms with van der Waals surface area (Å²) >= 11 is 0. The molecule has 0 saturated carbocycles. The predicted molar refractivity (Wildman–Crippen MR) is 80.3 cm³/mol. The minimum Gasteiger partial charge on any atom is -0.354 e. The van der Waals surface area contributed by atoms with Gasteiger partial charge in [0.2, 0.25) is 0 Å². The molecule has 1 unspecified atom stereocenters. The summed E-state index contributed by atoms with van der Waals surface area (Å²) in [4.78, 5) is 7.29. The van der Waals surface area contributed by atoms with Crippen molar-refractivity contribution in [3.63, 3.8) is 0 Å². The first-order chi connectivity index (χ1) is 9.29. The highest BCUT2D eigenvalue weighted by atomic mass is 15.2. The molecule has 2 aromatic rings. The van der Waals surface area contributed by atoms with Crippen molar-refractivity contribution in [2.75, 3.05) is 11.4 Å². The predicted octanol–water partition coefficient (Wildman–Crippen LogP) is 3.07. The van der Waals surface area contributed by atoms with Crippen molar-refractivity contribution >= 4 is 16.7 Å². The molecule has 1 aromatic heterocycles. The molecule has 0 aliphatic carbocycles. The number of fused-ring (bicyclic) bond motifs is 1. The zero-order chi connectivity index (χ0) is 13.2. The maximum Gasteiger partial charge on any atom is 0.134 e. The van der Waals surface area contributed by atoms with Crippen LogP contribution >= 0.6 is 0 Å². The number of para-hydroxylation sites is 1. The van der Waals surface area contributed by atoms with E-state index in [2.05, 4.69) is 30.0 Å². The van der Waals surface area contributed by atoms with Crippen LogP contribution in [0.15, 0.2) is 30.3 Å². The van der Waals surface area contributed by atoms with E-state index in [4.69, 9.17) is 10.7 Å². The summed E-state index contributed by atoms with van der Waals surface area (Å²) in [5.41, 5.74) is 8.15. The van der Waals surface area contributed by atoms with Crippen LogP contribution in [0.3, 0.4) is 0 Å². The van der Waals surface area contributed by atoms with E-state index in [0.29, 0.717) is 12.6 Å². The van der Waals surface area contributed by atoms with Crippen molar-refractivity contribution in [3.05, 3.63) is 35.9 Å². The van der Waals surface area contributed by atoms with Crippen molar-refractivity contribution < 1.29 is 0 Å². The van der Waals surface area contributed by atoms with Gasteiger partial charge in [-0.1, -0.05) is 18.2 Å². The third-order valence-electron chi connectivity index (χ3n) is 4.07. The molecule has 0 radical (unpaired) electrons. The zero-order valence-electron chi connectivity index (χ0n) is 11.5. The number of nitrogens with zero attached hydrogens (tertiary/aromatic N) is 2. The van der Waals surface area contributed by atoms with Crippen LogP contribution in [0.4, 0.5) is 5.82 Å². The van der Waals surface area contributed by atoms with Gasteiger partial charge >= 0.3 is 0 Å². The van der Waals surface area contributed by atoms with Crippen LogP contribution in [0.5, 0.6) is 0 Å². The summed E-state index contributed by atoms with van der Waals surface area (Å²) in [5.74, 6) is 1.09. The Kier molecular flexibility index (Phi) is 3.38. The number of nitrogens with two attached hydrogens (primary N) is 1. The van der Waals surface area contributed by atoms with E-state index in [9.17, 15) is 0 Å². The fourth-order valence-electron chi connectivity index (χ4n) is 2.96. The van der Waals surface area contributed by atoms with Gasteiger partial charge < -0.3 is 10.6 Å². The molecule has 19 heavy (non-hydrogen) atoms. The van der Waals surface area contributed by atoms with Gasteiger partial charge in [-0.2, -0.15) is 0 Å². The molecule has 1 atom stereocenters. The molecule has 100 valence electrons. The largest absolute Gasteiger partial charge is 0.354 e. The van der Waals surface area contributed by atoms with E-state index in [1.807, 2.05) is 12.1 Å². The van der Waals surface area contributed by atoms with E-state index >= 15 is 0 Å². The molecule has 3 heteroatoms. The lowest BCUT2D eigenvalue weighted by Crippen LogP contribution is -2.38. The molecule has 3 nitrogen and oxygen atoms in total. The standard InChI is InChI=1S/C16H21N3/c1-12-6-4-5-9-19(12)16-14(11-17)10-13-7-2-3-8-15(13)18-16/h2-3,7-8,10,12H,4-6,9,11,17H2,1H3. The Hall–Kier alpha value is -1.61. The number of benzene rings is 1. The van der Waals surface area contributed by atoms with Crippen molar-refractivity contribution in [2.24, 2.45) is 5.73 Å². The molecule has 0 bridgehead atoms. The van der Waals surface area contributed by atoms with Crippen LogP contribution in [0.2, 0.25) is 0 Å². The van der Waals surface area contributed by atoms with E-state index in [1.165, 1.54) is 24.6 Å². The van der Waals surface area contributed by atoms with Gasteiger partial charge in [0.05, 0.1) is 5.52 Å². The third-order valence-corrected chi connectivity index (χ3v) is 4.07. The van der Waals surface area contributed by atoms with Gasteiger partial charge in [0.1, 0.15) is 5.82 Å². The molecule has 1 aromatic carbocycles. The number of hydrogen-bond donors (Lipinski definition) is 1. The molecular formula is C16H21N3. The summed E-state index contributed by atoms with van der Waals surface area (Å²) in [6, 6.07) is 11.0. The Morgan fingerprint density at radius 3 is 2.95 bits per heavy atom. The fourth-order valence-corrected chi connectivity index (χ4v) is 2.96. The smallest absolute Gasteiger partial charge is 0.134 e. The van der Waals surface area contributed by atoms with Crippen LogP contribution < -0.4 is 10.6 Å².